The highest BCUT2D eigenvalue weighted by atomic mass is 35.5. The van der Waals surface area contributed by atoms with E-state index in [0.717, 1.165) is 29.0 Å². The zero-order valence-electron chi connectivity index (χ0n) is 9.66. The van der Waals surface area contributed by atoms with Crippen molar-refractivity contribution in [3.63, 3.8) is 0 Å². The van der Waals surface area contributed by atoms with Gasteiger partial charge in [-0.15, -0.1) is 12.4 Å². The van der Waals surface area contributed by atoms with E-state index in [2.05, 4.69) is 6.58 Å². The van der Waals surface area contributed by atoms with Crippen LogP contribution in [0.5, 0.6) is 11.5 Å². The van der Waals surface area contributed by atoms with Gasteiger partial charge in [-0.3, -0.25) is 0 Å². The van der Waals surface area contributed by atoms with Crippen molar-refractivity contribution in [1.29, 1.82) is 0 Å². The molecular formula is C12H18ClNO2. The summed E-state index contributed by atoms with van der Waals surface area (Å²) in [6.07, 6.45) is 2.50. The summed E-state index contributed by atoms with van der Waals surface area (Å²) in [7, 11) is 3.28. The molecule has 1 aromatic carbocycles. The minimum absolute atomic E-state index is 0. The lowest BCUT2D eigenvalue weighted by atomic mass is 10.1. The van der Waals surface area contributed by atoms with Crippen molar-refractivity contribution in [2.24, 2.45) is 5.73 Å². The summed E-state index contributed by atoms with van der Waals surface area (Å²) in [4.78, 5) is 0. The molecule has 90 valence electrons. The number of rotatable bonds is 5. The van der Waals surface area contributed by atoms with Crippen LogP contribution in [0.4, 0.5) is 0 Å². The van der Waals surface area contributed by atoms with Crippen LogP contribution in [-0.2, 0) is 6.42 Å². The van der Waals surface area contributed by atoms with E-state index in [1.807, 2.05) is 12.1 Å². The molecule has 0 saturated heterocycles. The number of ether oxygens (including phenoxy) is 2. The summed E-state index contributed by atoms with van der Waals surface area (Å²) < 4.78 is 10.6. The summed E-state index contributed by atoms with van der Waals surface area (Å²) in [6.45, 7) is 4.29. The molecule has 0 spiro atoms. The lowest BCUT2D eigenvalue weighted by Gasteiger charge is -2.13. The fraction of sp³-hybridized carbons (Fsp3) is 0.333. The predicted molar refractivity (Wildman–Crippen MR) is 69.6 cm³/mol. The molecule has 0 fully saturated rings. The molecule has 16 heavy (non-hydrogen) atoms. The van der Waals surface area contributed by atoms with Gasteiger partial charge in [-0.2, -0.15) is 0 Å². The van der Waals surface area contributed by atoms with Crippen molar-refractivity contribution in [2.75, 3.05) is 20.8 Å². The topological polar surface area (TPSA) is 44.5 Å². The first-order chi connectivity index (χ1) is 7.26. The molecule has 0 aliphatic carbocycles. The fourth-order valence-electron chi connectivity index (χ4n) is 1.51. The summed E-state index contributed by atoms with van der Waals surface area (Å²) in [5.74, 6) is 1.60. The molecule has 0 aromatic heterocycles. The van der Waals surface area contributed by atoms with E-state index in [-0.39, 0.29) is 12.4 Å². The van der Waals surface area contributed by atoms with Crippen LogP contribution in [0.25, 0.3) is 6.08 Å². The van der Waals surface area contributed by atoms with Crippen molar-refractivity contribution in [2.45, 2.75) is 6.42 Å². The van der Waals surface area contributed by atoms with Crippen LogP contribution in [-0.4, -0.2) is 20.8 Å². The molecule has 1 rings (SSSR count). The highest BCUT2D eigenvalue weighted by Crippen LogP contribution is 2.31. The molecule has 0 amide bonds. The Morgan fingerprint density at radius 2 is 1.75 bits per heavy atom. The molecule has 0 saturated carbocycles. The van der Waals surface area contributed by atoms with Gasteiger partial charge in [0.2, 0.25) is 0 Å². The Morgan fingerprint density at radius 3 is 2.06 bits per heavy atom. The highest BCUT2D eigenvalue weighted by Gasteiger charge is 2.10. The normalized spacial score (nSPS) is 9.19. The van der Waals surface area contributed by atoms with Gasteiger partial charge in [0.05, 0.1) is 14.2 Å². The van der Waals surface area contributed by atoms with Crippen LogP contribution in [0.15, 0.2) is 18.7 Å². The largest absolute Gasteiger partial charge is 0.496 e. The fourth-order valence-corrected chi connectivity index (χ4v) is 1.51. The van der Waals surface area contributed by atoms with Gasteiger partial charge in [-0.25, -0.2) is 0 Å². The summed E-state index contributed by atoms with van der Waals surface area (Å²) in [6, 6.07) is 3.86. The monoisotopic (exact) mass is 243 g/mol. The van der Waals surface area contributed by atoms with Crippen LogP contribution < -0.4 is 15.2 Å². The Hall–Kier alpha value is -1.19. The van der Waals surface area contributed by atoms with Gasteiger partial charge in [0.1, 0.15) is 11.5 Å². The second-order valence-corrected chi connectivity index (χ2v) is 3.15. The zero-order valence-corrected chi connectivity index (χ0v) is 10.5. The van der Waals surface area contributed by atoms with Gasteiger partial charge in [-0.1, -0.05) is 12.7 Å². The average molecular weight is 244 g/mol. The molecule has 1 aromatic rings. The quantitative estimate of drug-likeness (QED) is 0.863. The molecule has 0 unspecified atom stereocenters. The standard InChI is InChI=1S/C12H17NO2.ClH/c1-4-9-7-11(14-2)10(5-6-13)12(8-9)15-3;/h4,7-8H,1,5-6,13H2,2-3H3;1H. The van der Waals surface area contributed by atoms with Crippen LogP contribution >= 0.6 is 12.4 Å². The van der Waals surface area contributed by atoms with Gasteiger partial charge in [-0.05, 0) is 30.7 Å². The van der Waals surface area contributed by atoms with E-state index >= 15 is 0 Å². The Morgan fingerprint density at radius 1 is 1.25 bits per heavy atom. The van der Waals surface area contributed by atoms with Crippen molar-refractivity contribution in [1.82, 2.24) is 0 Å². The van der Waals surface area contributed by atoms with Crippen molar-refractivity contribution < 1.29 is 9.47 Å². The molecule has 4 heteroatoms. The SMILES string of the molecule is C=Cc1cc(OC)c(CCN)c(OC)c1.Cl. The van der Waals surface area contributed by atoms with Gasteiger partial charge in [0.25, 0.3) is 0 Å². The molecule has 2 N–H and O–H groups in total. The Kier molecular flexibility index (Phi) is 6.61. The lowest BCUT2D eigenvalue weighted by Crippen LogP contribution is -2.06. The summed E-state index contributed by atoms with van der Waals surface area (Å²) >= 11 is 0. The molecular weight excluding hydrogens is 226 g/mol. The van der Waals surface area contributed by atoms with E-state index < -0.39 is 0 Å². The maximum atomic E-state index is 5.55. The second kappa shape index (κ2) is 7.14. The zero-order chi connectivity index (χ0) is 11.3. The molecule has 3 nitrogen and oxygen atoms in total. The van der Waals surface area contributed by atoms with Crippen LogP contribution in [0.2, 0.25) is 0 Å². The molecule has 0 bridgehead atoms. The number of methoxy groups -OCH3 is 2. The average Bonchev–Trinajstić information content (AvgIpc) is 2.29. The van der Waals surface area contributed by atoms with E-state index in [0.29, 0.717) is 6.54 Å². The Balaban J connectivity index is 0.00000225. The van der Waals surface area contributed by atoms with Crippen molar-refractivity contribution in [3.8, 4) is 11.5 Å². The number of benzene rings is 1. The molecule has 0 radical (unpaired) electrons. The number of nitrogens with two attached hydrogens (primary N) is 1. The van der Waals surface area contributed by atoms with Crippen molar-refractivity contribution >= 4 is 18.5 Å². The highest BCUT2D eigenvalue weighted by molar-refractivity contribution is 5.85. The molecule has 0 aliphatic heterocycles. The lowest BCUT2D eigenvalue weighted by molar-refractivity contribution is 0.385. The van der Waals surface area contributed by atoms with Gasteiger partial charge >= 0.3 is 0 Å². The number of halogens is 1. The van der Waals surface area contributed by atoms with Crippen LogP contribution in [0, 0.1) is 0 Å². The third-order valence-corrected chi connectivity index (χ3v) is 2.26. The summed E-state index contributed by atoms with van der Waals surface area (Å²) in [5.41, 5.74) is 7.53. The van der Waals surface area contributed by atoms with Gasteiger partial charge < -0.3 is 15.2 Å². The molecule has 0 aliphatic rings. The van der Waals surface area contributed by atoms with Crippen molar-refractivity contribution in [3.05, 3.63) is 29.8 Å². The first-order valence-corrected chi connectivity index (χ1v) is 4.84. The maximum Gasteiger partial charge on any atom is 0.126 e. The Labute approximate surface area is 103 Å². The first-order valence-electron chi connectivity index (χ1n) is 4.84. The van der Waals surface area contributed by atoms with Crippen LogP contribution in [0.3, 0.4) is 0 Å². The predicted octanol–water partition coefficient (Wildman–Crippen LogP) is 2.27. The van der Waals surface area contributed by atoms with E-state index in [1.54, 1.807) is 20.3 Å². The van der Waals surface area contributed by atoms with E-state index in [4.69, 9.17) is 15.2 Å². The maximum absolute atomic E-state index is 5.55. The minimum atomic E-state index is 0. The van der Waals surface area contributed by atoms with Gasteiger partial charge in [0, 0.05) is 5.56 Å². The molecule has 0 atom stereocenters. The van der Waals surface area contributed by atoms with Crippen LogP contribution in [0.1, 0.15) is 11.1 Å². The number of hydrogen-bond acceptors (Lipinski definition) is 3. The third kappa shape index (κ3) is 3.15. The molecule has 0 heterocycles. The smallest absolute Gasteiger partial charge is 0.126 e. The summed E-state index contributed by atoms with van der Waals surface area (Å²) in [5, 5.41) is 0. The first kappa shape index (κ1) is 14.8. The minimum Gasteiger partial charge on any atom is -0.496 e. The van der Waals surface area contributed by atoms with E-state index in [1.165, 1.54) is 0 Å². The van der Waals surface area contributed by atoms with E-state index in [9.17, 15) is 0 Å². The Bertz CT molecular complexity index is 328. The van der Waals surface area contributed by atoms with Gasteiger partial charge in [0.15, 0.2) is 0 Å². The third-order valence-electron chi connectivity index (χ3n) is 2.26. The second-order valence-electron chi connectivity index (χ2n) is 3.15. The number of hydrogen-bond donors (Lipinski definition) is 1.